The molecule has 2 rings (SSSR count). The van der Waals surface area contributed by atoms with E-state index in [2.05, 4.69) is 4.98 Å². The highest BCUT2D eigenvalue weighted by molar-refractivity contribution is 5.91. The molecule has 0 spiro atoms. The first-order chi connectivity index (χ1) is 8.08. The molecular weight excluding hydrogens is 220 g/mol. The van der Waals surface area contributed by atoms with Crippen LogP contribution in [0, 0.1) is 6.92 Å². The molecule has 1 aromatic heterocycles. The molecule has 5 nitrogen and oxygen atoms in total. The first kappa shape index (κ1) is 11.2. The largest absolute Gasteiger partial charge is 0.478 e. The summed E-state index contributed by atoms with van der Waals surface area (Å²) in [5.41, 5.74) is 1.00. The van der Waals surface area contributed by atoms with E-state index in [9.17, 15) is 4.79 Å². The van der Waals surface area contributed by atoms with Gasteiger partial charge in [-0.25, -0.2) is 9.78 Å². The summed E-state index contributed by atoms with van der Waals surface area (Å²) in [6.07, 6.45) is 3.31. The molecule has 0 fully saturated rings. The molecule has 0 atom stereocenters. The summed E-state index contributed by atoms with van der Waals surface area (Å²) >= 11 is 0. The van der Waals surface area contributed by atoms with Crippen LogP contribution in [0.2, 0.25) is 0 Å². The summed E-state index contributed by atoms with van der Waals surface area (Å²) in [6.45, 7) is 1.83. The third kappa shape index (κ3) is 2.28. The first-order valence-electron chi connectivity index (χ1n) is 5.07. The van der Waals surface area contributed by atoms with Gasteiger partial charge in [0, 0.05) is 19.4 Å². The number of rotatable bonds is 3. The standard InChI is InChI=1S/C12H12N2O3/c1-8-3-4-10(9(7-8)11(15)16)17-12-13-5-6-14(12)2/h3-7H,1-2H3,(H,15,16). The zero-order valence-electron chi connectivity index (χ0n) is 9.54. The van der Waals surface area contributed by atoms with Gasteiger partial charge in [0.2, 0.25) is 0 Å². The average molecular weight is 232 g/mol. The molecule has 88 valence electrons. The van der Waals surface area contributed by atoms with E-state index >= 15 is 0 Å². The van der Waals surface area contributed by atoms with E-state index in [1.54, 1.807) is 42.2 Å². The van der Waals surface area contributed by atoms with Crippen molar-refractivity contribution in [1.82, 2.24) is 9.55 Å². The number of aromatic nitrogens is 2. The molecular formula is C12H12N2O3. The number of imidazole rings is 1. The van der Waals surface area contributed by atoms with E-state index in [0.717, 1.165) is 5.56 Å². The maximum atomic E-state index is 11.1. The zero-order chi connectivity index (χ0) is 12.4. The maximum absolute atomic E-state index is 11.1. The van der Waals surface area contributed by atoms with Gasteiger partial charge < -0.3 is 14.4 Å². The Morgan fingerprint density at radius 1 is 1.47 bits per heavy atom. The van der Waals surface area contributed by atoms with Crippen LogP contribution in [0.4, 0.5) is 0 Å². The van der Waals surface area contributed by atoms with E-state index in [4.69, 9.17) is 9.84 Å². The normalized spacial score (nSPS) is 10.2. The lowest BCUT2D eigenvalue weighted by Gasteiger charge is -2.08. The number of aromatic carboxylic acids is 1. The lowest BCUT2D eigenvalue weighted by atomic mass is 10.1. The number of aryl methyl sites for hydroxylation is 2. The monoisotopic (exact) mass is 232 g/mol. The summed E-state index contributed by atoms with van der Waals surface area (Å²) in [5.74, 6) is -0.727. The van der Waals surface area contributed by atoms with Crippen molar-refractivity contribution in [2.45, 2.75) is 6.92 Å². The van der Waals surface area contributed by atoms with Crippen molar-refractivity contribution in [3.8, 4) is 11.8 Å². The number of carboxylic acid groups (broad SMARTS) is 1. The molecule has 0 aliphatic rings. The van der Waals surface area contributed by atoms with Gasteiger partial charge in [-0.1, -0.05) is 11.6 Å². The summed E-state index contributed by atoms with van der Waals surface area (Å²) in [6, 6.07) is 5.36. The fourth-order valence-corrected chi connectivity index (χ4v) is 1.45. The summed E-state index contributed by atoms with van der Waals surface area (Å²) in [4.78, 5) is 15.1. The van der Waals surface area contributed by atoms with Gasteiger partial charge in [0.25, 0.3) is 0 Å². The molecule has 17 heavy (non-hydrogen) atoms. The second kappa shape index (κ2) is 4.29. The highest BCUT2D eigenvalue weighted by atomic mass is 16.5. The Bertz CT molecular complexity index is 561. The van der Waals surface area contributed by atoms with Crippen LogP contribution in [0.3, 0.4) is 0 Å². The number of nitrogens with zero attached hydrogens (tertiary/aromatic N) is 2. The van der Waals surface area contributed by atoms with Crippen LogP contribution in [0.1, 0.15) is 15.9 Å². The molecule has 0 aliphatic heterocycles. The molecule has 0 amide bonds. The topological polar surface area (TPSA) is 64.4 Å². The Hall–Kier alpha value is -2.30. The van der Waals surface area contributed by atoms with Gasteiger partial charge in [0.05, 0.1) is 0 Å². The van der Waals surface area contributed by atoms with E-state index in [0.29, 0.717) is 6.01 Å². The highest BCUT2D eigenvalue weighted by Gasteiger charge is 2.13. The van der Waals surface area contributed by atoms with E-state index < -0.39 is 5.97 Å². The van der Waals surface area contributed by atoms with Crippen LogP contribution in [0.5, 0.6) is 11.8 Å². The Morgan fingerprint density at radius 2 is 2.24 bits per heavy atom. The molecule has 1 heterocycles. The molecule has 0 aliphatic carbocycles. The minimum atomic E-state index is -1.02. The summed E-state index contributed by atoms with van der Waals surface area (Å²) < 4.78 is 7.14. The molecule has 0 saturated heterocycles. The molecule has 0 unspecified atom stereocenters. The van der Waals surface area contributed by atoms with Crippen LogP contribution in [-0.2, 0) is 7.05 Å². The molecule has 0 saturated carbocycles. The number of carboxylic acids is 1. The second-order valence-corrected chi connectivity index (χ2v) is 3.73. The number of ether oxygens (including phenoxy) is 1. The van der Waals surface area contributed by atoms with Gasteiger partial charge in [-0.15, -0.1) is 0 Å². The summed E-state index contributed by atoms with van der Waals surface area (Å²) in [5, 5.41) is 9.08. The highest BCUT2D eigenvalue weighted by Crippen LogP contribution is 2.24. The van der Waals surface area contributed by atoms with Gasteiger partial charge in [-0.2, -0.15) is 0 Å². The van der Waals surface area contributed by atoms with E-state index in [1.807, 2.05) is 6.92 Å². The van der Waals surface area contributed by atoms with Crippen molar-refractivity contribution in [1.29, 1.82) is 0 Å². The average Bonchev–Trinajstić information content (AvgIpc) is 2.67. The van der Waals surface area contributed by atoms with Crippen LogP contribution < -0.4 is 4.74 Å². The fraction of sp³-hybridized carbons (Fsp3) is 0.167. The quantitative estimate of drug-likeness (QED) is 0.881. The number of hydrogen-bond acceptors (Lipinski definition) is 3. The van der Waals surface area contributed by atoms with Gasteiger partial charge in [-0.3, -0.25) is 0 Å². The molecule has 5 heteroatoms. The van der Waals surface area contributed by atoms with E-state index in [-0.39, 0.29) is 11.3 Å². The Kier molecular flexibility index (Phi) is 2.82. The summed E-state index contributed by atoms with van der Waals surface area (Å²) in [7, 11) is 1.77. The molecule has 0 bridgehead atoms. The predicted molar refractivity (Wildman–Crippen MR) is 61.4 cm³/mol. The van der Waals surface area contributed by atoms with Crippen LogP contribution in [0.25, 0.3) is 0 Å². The smallest absolute Gasteiger partial charge is 0.339 e. The van der Waals surface area contributed by atoms with Crippen molar-refractivity contribution < 1.29 is 14.6 Å². The second-order valence-electron chi connectivity index (χ2n) is 3.73. The van der Waals surface area contributed by atoms with Crippen LogP contribution >= 0.6 is 0 Å². The van der Waals surface area contributed by atoms with Gasteiger partial charge in [-0.05, 0) is 19.1 Å². The van der Waals surface area contributed by atoms with Gasteiger partial charge in [0.1, 0.15) is 11.3 Å². The number of carbonyl (C=O) groups is 1. The van der Waals surface area contributed by atoms with E-state index in [1.165, 1.54) is 0 Å². The number of hydrogen-bond donors (Lipinski definition) is 1. The lowest BCUT2D eigenvalue weighted by Crippen LogP contribution is -2.02. The molecule has 2 aromatic rings. The van der Waals surface area contributed by atoms with Crippen LogP contribution in [0.15, 0.2) is 30.6 Å². The fourth-order valence-electron chi connectivity index (χ4n) is 1.45. The van der Waals surface area contributed by atoms with Crippen molar-refractivity contribution in [3.05, 3.63) is 41.7 Å². The van der Waals surface area contributed by atoms with Crippen LogP contribution in [-0.4, -0.2) is 20.6 Å². The molecule has 0 radical (unpaired) electrons. The third-order valence-corrected chi connectivity index (χ3v) is 2.34. The molecule has 1 aromatic carbocycles. The SMILES string of the molecule is Cc1ccc(Oc2nccn2C)c(C(=O)O)c1. The maximum Gasteiger partial charge on any atom is 0.339 e. The minimum absolute atomic E-state index is 0.132. The van der Waals surface area contributed by atoms with Gasteiger partial charge in [0.15, 0.2) is 0 Å². The van der Waals surface area contributed by atoms with Crippen molar-refractivity contribution in [2.24, 2.45) is 7.05 Å². The molecule has 1 N–H and O–H groups in total. The minimum Gasteiger partial charge on any atom is -0.478 e. The zero-order valence-corrected chi connectivity index (χ0v) is 9.54. The lowest BCUT2D eigenvalue weighted by molar-refractivity contribution is 0.0694. The first-order valence-corrected chi connectivity index (χ1v) is 5.07. The predicted octanol–water partition coefficient (Wildman–Crippen LogP) is 2.22. The number of benzene rings is 1. The Balaban J connectivity index is 2.39. The van der Waals surface area contributed by atoms with Crippen molar-refractivity contribution in [2.75, 3.05) is 0 Å². The van der Waals surface area contributed by atoms with Crippen molar-refractivity contribution in [3.63, 3.8) is 0 Å². The van der Waals surface area contributed by atoms with Gasteiger partial charge >= 0.3 is 12.0 Å². The third-order valence-electron chi connectivity index (χ3n) is 2.34. The Morgan fingerprint density at radius 3 is 2.82 bits per heavy atom. The van der Waals surface area contributed by atoms with Crippen molar-refractivity contribution >= 4 is 5.97 Å². The Labute approximate surface area is 98.3 Å².